The molecule has 0 aromatic heterocycles. The molecule has 1 amide bonds. The molecule has 0 aliphatic heterocycles. The van der Waals surface area contributed by atoms with E-state index < -0.39 is 5.91 Å². The number of nitrogens with zero attached hydrogens (tertiary/aromatic N) is 1. The Morgan fingerprint density at radius 2 is 2.13 bits per heavy atom. The molecule has 2 aromatic carbocycles. The Kier molecular flexibility index (Phi) is 5.84. The van der Waals surface area contributed by atoms with E-state index in [1.54, 1.807) is 31.2 Å². The molecule has 0 aliphatic rings. The number of hydrogen-bond donors (Lipinski definition) is 2. The number of phenolic OH excluding ortho intramolecular Hbond substituents is 1. The minimum atomic E-state index is -0.390. The number of rotatable bonds is 5. The van der Waals surface area contributed by atoms with E-state index in [4.69, 9.17) is 27.9 Å². The maximum atomic E-state index is 11.9. The molecule has 5 nitrogen and oxygen atoms in total. The van der Waals surface area contributed by atoms with E-state index in [2.05, 4.69) is 10.5 Å². The standard InChI is InChI=1S/C16H14Cl2N2O3/c1-2-23-14-7-10(6-13(18)15(14)21)9-19-20-16(22)11-4-3-5-12(17)8-11/h3-9,21H,2H2,1H3,(H,20,22)/b19-9+. The van der Waals surface area contributed by atoms with E-state index in [1.165, 1.54) is 18.3 Å². The lowest BCUT2D eigenvalue weighted by Gasteiger charge is -2.08. The lowest BCUT2D eigenvalue weighted by Crippen LogP contribution is -2.17. The first-order valence-electron chi connectivity index (χ1n) is 6.75. The number of carbonyl (C=O) groups excluding carboxylic acids is 1. The van der Waals surface area contributed by atoms with E-state index in [1.807, 2.05) is 0 Å². The molecule has 0 saturated carbocycles. The molecule has 0 heterocycles. The Morgan fingerprint density at radius 1 is 1.35 bits per heavy atom. The van der Waals surface area contributed by atoms with E-state index in [-0.39, 0.29) is 16.5 Å². The van der Waals surface area contributed by atoms with Crippen molar-refractivity contribution in [1.82, 2.24) is 5.43 Å². The number of aromatic hydroxyl groups is 1. The quantitative estimate of drug-likeness (QED) is 0.633. The molecule has 0 aliphatic carbocycles. The predicted molar refractivity (Wildman–Crippen MR) is 90.8 cm³/mol. The number of amides is 1. The van der Waals surface area contributed by atoms with Gasteiger partial charge in [0, 0.05) is 10.6 Å². The third kappa shape index (κ3) is 4.61. The highest BCUT2D eigenvalue weighted by atomic mass is 35.5. The van der Waals surface area contributed by atoms with Crippen molar-refractivity contribution in [2.75, 3.05) is 6.61 Å². The highest BCUT2D eigenvalue weighted by Crippen LogP contribution is 2.34. The second kappa shape index (κ2) is 7.85. The summed E-state index contributed by atoms with van der Waals surface area (Å²) in [6, 6.07) is 9.59. The van der Waals surface area contributed by atoms with Gasteiger partial charge in [0.25, 0.3) is 5.91 Å². The van der Waals surface area contributed by atoms with Gasteiger partial charge in [0.2, 0.25) is 0 Å². The summed E-state index contributed by atoms with van der Waals surface area (Å²) in [5.41, 5.74) is 3.35. The number of carbonyl (C=O) groups is 1. The maximum absolute atomic E-state index is 11.9. The number of phenols is 1. The molecule has 0 radical (unpaired) electrons. The number of hydrogen-bond acceptors (Lipinski definition) is 4. The van der Waals surface area contributed by atoms with Gasteiger partial charge in [0.1, 0.15) is 0 Å². The number of hydrazone groups is 1. The minimum Gasteiger partial charge on any atom is -0.503 e. The Morgan fingerprint density at radius 3 is 2.83 bits per heavy atom. The summed E-state index contributed by atoms with van der Waals surface area (Å²) in [7, 11) is 0. The second-order valence-electron chi connectivity index (χ2n) is 4.49. The van der Waals surface area contributed by atoms with Crippen molar-refractivity contribution >= 4 is 35.3 Å². The lowest BCUT2D eigenvalue weighted by molar-refractivity contribution is 0.0955. The summed E-state index contributed by atoms with van der Waals surface area (Å²) < 4.78 is 5.27. The van der Waals surface area contributed by atoms with Crippen molar-refractivity contribution < 1.29 is 14.6 Å². The molecular weight excluding hydrogens is 339 g/mol. The van der Waals surface area contributed by atoms with E-state index in [0.29, 0.717) is 22.8 Å². The van der Waals surface area contributed by atoms with Gasteiger partial charge in [0.15, 0.2) is 11.5 Å². The molecule has 23 heavy (non-hydrogen) atoms. The molecule has 2 aromatic rings. The fraction of sp³-hybridized carbons (Fsp3) is 0.125. The van der Waals surface area contributed by atoms with Crippen molar-refractivity contribution in [1.29, 1.82) is 0 Å². The molecule has 0 saturated heterocycles. The van der Waals surface area contributed by atoms with Gasteiger partial charge in [-0.2, -0.15) is 5.10 Å². The molecular formula is C16H14Cl2N2O3. The van der Waals surface area contributed by atoms with Crippen LogP contribution in [0.2, 0.25) is 10.0 Å². The van der Waals surface area contributed by atoms with Crippen LogP contribution in [0.3, 0.4) is 0 Å². The second-order valence-corrected chi connectivity index (χ2v) is 5.34. The fourth-order valence-electron chi connectivity index (χ4n) is 1.79. The number of benzene rings is 2. The van der Waals surface area contributed by atoms with Gasteiger partial charge >= 0.3 is 0 Å². The molecule has 0 fully saturated rings. The molecule has 0 atom stereocenters. The monoisotopic (exact) mass is 352 g/mol. The van der Waals surface area contributed by atoms with Gasteiger partial charge in [-0.25, -0.2) is 5.43 Å². The largest absolute Gasteiger partial charge is 0.503 e. The van der Waals surface area contributed by atoms with Crippen LogP contribution in [-0.2, 0) is 0 Å². The summed E-state index contributed by atoms with van der Waals surface area (Å²) in [5, 5.41) is 14.2. The van der Waals surface area contributed by atoms with Crippen LogP contribution in [-0.4, -0.2) is 23.8 Å². The predicted octanol–water partition coefficient (Wildman–Crippen LogP) is 3.86. The van der Waals surface area contributed by atoms with Crippen molar-refractivity contribution in [2.24, 2.45) is 5.10 Å². The highest BCUT2D eigenvalue weighted by Gasteiger charge is 2.09. The van der Waals surface area contributed by atoms with Gasteiger partial charge in [-0.15, -0.1) is 0 Å². The molecule has 2 rings (SSSR count). The van der Waals surface area contributed by atoms with E-state index in [0.717, 1.165) is 0 Å². The average molecular weight is 353 g/mol. The Balaban J connectivity index is 2.10. The zero-order chi connectivity index (χ0) is 16.8. The minimum absolute atomic E-state index is 0.131. The zero-order valence-corrected chi connectivity index (χ0v) is 13.7. The lowest BCUT2D eigenvalue weighted by atomic mass is 10.2. The van der Waals surface area contributed by atoms with Crippen LogP contribution in [0.1, 0.15) is 22.8 Å². The zero-order valence-electron chi connectivity index (χ0n) is 12.2. The first kappa shape index (κ1) is 17.1. The van der Waals surface area contributed by atoms with Gasteiger partial charge in [0.05, 0.1) is 17.8 Å². The van der Waals surface area contributed by atoms with Crippen LogP contribution in [0, 0.1) is 0 Å². The summed E-state index contributed by atoms with van der Waals surface area (Å²) in [6.07, 6.45) is 1.40. The van der Waals surface area contributed by atoms with E-state index >= 15 is 0 Å². The van der Waals surface area contributed by atoms with Crippen molar-refractivity contribution in [3.05, 3.63) is 57.6 Å². The van der Waals surface area contributed by atoms with Crippen LogP contribution < -0.4 is 10.2 Å². The number of nitrogens with one attached hydrogen (secondary N) is 1. The average Bonchev–Trinajstić information content (AvgIpc) is 2.52. The Bertz CT molecular complexity index is 748. The normalized spacial score (nSPS) is 10.7. The van der Waals surface area contributed by atoms with Crippen LogP contribution in [0.5, 0.6) is 11.5 Å². The van der Waals surface area contributed by atoms with Crippen molar-refractivity contribution in [3.8, 4) is 11.5 Å². The molecule has 2 N–H and O–H groups in total. The van der Waals surface area contributed by atoms with Crippen molar-refractivity contribution in [2.45, 2.75) is 6.92 Å². The van der Waals surface area contributed by atoms with Crippen molar-refractivity contribution in [3.63, 3.8) is 0 Å². The topological polar surface area (TPSA) is 70.9 Å². The van der Waals surface area contributed by atoms with Crippen LogP contribution >= 0.6 is 23.2 Å². The third-order valence-corrected chi connectivity index (χ3v) is 3.34. The fourth-order valence-corrected chi connectivity index (χ4v) is 2.20. The first-order chi connectivity index (χ1) is 11.0. The molecule has 7 heteroatoms. The number of ether oxygens (including phenoxy) is 1. The molecule has 120 valence electrons. The summed E-state index contributed by atoms with van der Waals surface area (Å²) >= 11 is 11.7. The van der Waals surface area contributed by atoms with Crippen LogP contribution in [0.4, 0.5) is 0 Å². The van der Waals surface area contributed by atoms with Crippen LogP contribution in [0.25, 0.3) is 0 Å². The molecule has 0 spiro atoms. The summed E-state index contributed by atoms with van der Waals surface area (Å²) in [4.78, 5) is 11.9. The number of halogens is 2. The summed E-state index contributed by atoms with van der Waals surface area (Å²) in [6.45, 7) is 2.18. The van der Waals surface area contributed by atoms with Gasteiger partial charge in [-0.3, -0.25) is 4.79 Å². The third-order valence-electron chi connectivity index (χ3n) is 2.82. The first-order valence-corrected chi connectivity index (χ1v) is 7.51. The van der Waals surface area contributed by atoms with Gasteiger partial charge < -0.3 is 9.84 Å². The highest BCUT2D eigenvalue weighted by molar-refractivity contribution is 6.32. The van der Waals surface area contributed by atoms with Gasteiger partial charge in [-0.05, 0) is 42.8 Å². The van der Waals surface area contributed by atoms with Crippen LogP contribution in [0.15, 0.2) is 41.5 Å². The SMILES string of the molecule is CCOc1cc(/C=N/NC(=O)c2cccc(Cl)c2)cc(Cl)c1O. The smallest absolute Gasteiger partial charge is 0.271 e. The van der Waals surface area contributed by atoms with Gasteiger partial charge in [-0.1, -0.05) is 29.3 Å². The Hall–Kier alpha value is -2.24. The molecule has 0 unspecified atom stereocenters. The Labute approximate surface area is 143 Å². The maximum Gasteiger partial charge on any atom is 0.271 e. The van der Waals surface area contributed by atoms with E-state index in [9.17, 15) is 9.90 Å². The summed E-state index contributed by atoms with van der Waals surface area (Å²) in [5.74, 6) is -0.269. The molecule has 0 bridgehead atoms.